The Balaban J connectivity index is 2.83. The third kappa shape index (κ3) is 2.06. The van der Waals surface area contributed by atoms with Crippen molar-refractivity contribution in [3.8, 4) is 5.88 Å². The molecule has 17 heavy (non-hydrogen) atoms. The normalized spacial score (nSPS) is 11.8. The molecule has 0 aliphatic rings. The van der Waals surface area contributed by atoms with Gasteiger partial charge in [-0.1, -0.05) is 0 Å². The molecule has 1 N–H and O–H groups in total. The molecular weight excluding hydrogens is 223 g/mol. The van der Waals surface area contributed by atoms with E-state index in [9.17, 15) is 9.50 Å². The number of aromatic nitrogens is 2. The SMILES string of the molecule is COc1ccc2ncc(F)c(C(C)(C)O)c2n1. The van der Waals surface area contributed by atoms with Crippen molar-refractivity contribution in [2.75, 3.05) is 7.11 Å². The maximum atomic E-state index is 13.7. The van der Waals surface area contributed by atoms with Crippen LogP contribution in [0.4, 0.5) is 4.39 Å². The summed E-state index contributed by atoms with van der Waals surface area (Å²) < 4.78 is 18.7. The summed E-state index contributed by atoms with van der Waals surface area (Å²) in [6, 6.07) is 3.32. The number of nitrogens with zero attached hydrogens (tertiary/aromatic N) is 2. The molecule has 4 nitrogen and oxygen atoms in total. The van der Waals surface area contributed by atoms with E-state index in [-0.39, 0.29) is 5.56 Å². The van der Waals surface area contributed by atoms with Crippen LogP contribution in [0.5, 0.6) is 5.88 Å². The molecule has 2 aromatic heterocycles. The Morgan fingerprint density at radius 2 is 2.06 bits per heavy atom. The molecule has 0 unspecified atom stereocenters. The lowest BCUT2D eigenvalue weighted by Crippen LogP contribution is -2.19. The van der Waals surface area contributed by atoms with Gasteiger partial charge in [0.1, 0.15) is 11.3 Å². The summed E-state index contributed by atoms with van der Waals surface area (Å²) in [5.41, 5.74) is -0.368. The highest BCUT2D eigenvalue weighted by molar-refractivity contribution is 5.79. The Morgan fingerprint density at radius 3 is 2.65 bits per heavy atom. The summed E-state index contributed by atoms with van der Waals surface area (Å²) in [5.74, 6) is -0.221. The van der Waals surface area contributed by atoms with Crippen LogP contribution >= 0.6 is 0 Å². The highest BCUT2D eigenvalue weighted by Gasteiger charge is 2.25. The van der Waals surface area contributed by atoms with Crippen molar-refractivity contribution < 1.29 is 14.2 Å². The van der Waals surface area contributed by atoms with E-state index < -0.39 is 11.4 Å². The number of hydrogen-bond acceptors (Lipinski definition) is 4. The molecule has 0 atom stereocenters. The van der Waals surface area contributed by atoms with Crippen LogP contribution in [-0.2, 0) is 5.60 Å². The molecule has 2 aromatic rings. The first-order valence-electron chi connectivity index (χ1n) is 5.15. The van der Waals surface area contributed by atoms with Crippen LogP contribution in [0.2, 0.25) is 0 Å². The van der Waals surface area contributed by atoms with Gasteiger partial charge in [0, 0.05) is 11.6 Å². The molecule has 0 aromatic carbocycles. The van der Waals surface area contributed by atoms with E-state index in [2.05, 4.69) is 9.97 Å². The highest BCUT2D eigenvalue weighted by Crippen LogP contribution is 2.29. The fraction of sp³-hybridized carbons (Fsp3) is 0.333. The summed E-state index contributed by atoms with van der Waals surface area (Å²) in [4.78, 5) is 8.06. The quantitative estimate of drug-likeness (QED) is 0.866. The van der Waals surface area contributed by atoms with E-state index in [1.165, 1.54) is 21.0 Å². The number of aliphatic hydroxyl groups is 1. The number of rotatable bonds is 2. The van der Waals surface area contributed by atoms with Gasteiger partial charge in [0.2, 0.25) is 5.88 Å². The van der Waals surface area contributed by atoms with Crippen LogP contribution in [-0.4, -0.2) is 22.2 Å². The van der Waals surface area contributed by atoms with Crippen molar-refractivity contribution >= 4 is 11.0 Å². The topological polar surface area (TPSA) is 55.2 Å². The van der Waals surface area contributed by atoms with E-state index in [1.807, 2.05) is 0 Å². The Bertz CT molecular complexity index is 564. The fourth-order valence-corrected chi connectivity index (χ4v) is 1.72. The molecule has 90 valence electrons. The van der Waals surface area contributed by atoms with Gasteiger partial charge in [-0.3, -0.25) is 4.98 Å². The Morgan fingerprint density at radius 1 is 1.35 bits per heavy atom. The minimum absolute atomic E-state index is 0.126. The molecule has 5 heteroatoms. The van der Waals surface area contributed by atoms with Gasteiger partial charge in [0.25, 0.3) is 0 Å². The maximum absolute atomic E-state index is 13.7. The van der Waals surface area contributed by atoms with Gasteiger partial charge in [-0.05, 0) is 19.9 Å². The average Bonchev–Trinajstić information content (AvgIpc) is 2.26. The van der Waals surface area contributed by atoms with Crippen molar-refractivity contribution in [1.82, 2.24) is 9.97 Å². The van der Waals surface area contributed by atoms with E-state index >= 15 is 0 Å². The van der Waals surface area contributed by atoms with Crippen molar-refractivity contribution in [2.24, 2.45) is 0 Å². The van der Waals surface area contributed by atoms with Crippen molar-refractivity contribution in [3.05, 3.63) is 29.7 Å². The fourth-order valence-electron chi connectivity index (χ4n) is 1.72. The third-order valence-electron chi connectivity index (χ3n) is 2.46. The summed E-state index contributed by atoms with van der Waals surface area (Å²) in [7, 11) is 1.48. The van der Waals surface area contributed by atoms with Crippen LogP contribution in [0.1, 0.15) is 19.4 Å². The van der Waals surface area contributed by atoms with Crippen molar-refractivity contribution in [3.63, 3.8) is 0 Å². The number of halogens is 1. The smallest absolute Gasteiger partial charge is 0.213 e. The largest absolute Gasteiger partial charge is 0.481 e. The molecule has 0 aliphatic heterocycles. The standard InChI is InChI=1S/C12H13FN2O2/c1-12(2,16)10-7(13)6-14-8-4-5-9(17-3)15-11(8)10/h4-6,16H,1-3H3. The van der Waals surface area contributed by atoms with E-state index in [4.69, 9.17) is 4.74 Å². The lowest BCUT2D eigenvalue weighted by molar-refractivity contribution is 0.0759. The van der Waals surface area contributed by atoms with E-state index in [0.29, 0.717) is 16.9 Å². The first-order valence-corrected chi connectivity index (χ1v) is 5.15. The lowest BCUT2D eigenvalue weighted by Gasteiger charge is -2.19. The lowest BCUT2D eigenvalue weighted by atomic mass is 9.97. The molecule has 0 fully saturated rings. The number of fused-ring (bicyclic) bond motifs is 1. The van der Waals surface area contributed by atoms with Crippen molar-refractivity contribution in [2.45, 2.75) is 19.4 Å². The zero-order valence-corrected chi connectivity index (χ0v) is 9.86. The first kappa shape index (κ1) is 11.7. The van der Waals surface area contributed by atoms with Crippen LogP contribution in [0.3, 0.4) is 0 Å². The average molecular weight is 236 g/mol. The molecule has 0 saturated carbocycles. The highest BCUT2D eigenvalue weighted by atomic mass is 19.1. The van der Waals surface area contributed by atoms with Crippen LogP contribution in [0.15, 0.2) is 18.3 Å². The zero-order valence-electron chi connectivity index (χ0n) is 9.86. The van der Waals surface area contributed by atoms with Gasteiger partial charge in [-0.15, -0.1) is 0 Å². The Hall–Kier alpha value is -1.75. The van der Waals surface area contributed by atoms with Crippen LogP contribution in [0.25, 0.3) is 11.0 Å². The van der Waals surface area contributed by atoms with Gasteiger partial charge in [0.15, 0.2) is 0 Å². The minimum atomic E-state index is -1.33. The predicted molar refractivity (Wildman–Crippen MR) is 61.3 cm³/mol. The number of hydrogen-bond donors (Lipinski definition) is 1. The minimum Gasteiger partial charge on any atom is -0.481 e. The molecule has 0 spiro atoms. The van der Waals surface area contributed by atoms with Crippen molar-refractivity contribution in [1.29, 1.82) is 0 Å². The maximum Gasteiger partial charge on any atom is 0.213 e. The van der Waals surface area contributed by atoms with Gasteiger partial charge in [-0.2, -0.15) is 0 Å². The summed E-state index contributed by atoms with van der Waals surface area (Å²) in [5, 5.41) is 9.98. The summed E-state index contributed by atoms with van der Waals surface area (Å²) in [6.45, 7) is 3.01. The van der Waals surface area contributed by atoms with Crippen LogP contribution in [0, 0.1) is 5.82 Å². The van der Waals surface area contributed by atoms with Gasteiger partial charge < -0.3 is 9.84 Å². The second kappa shape index (κ2) is 3.92. The molecule has 0 amide bonds. The van der Waals surface area contributed by atoms with Gasteiger partial charge in [0.05, 0.1) is 24.4 Å². The number of methoxy groups -OCH3 is 1. The first-order chi connectivity index (χ1) is 7.93. The third-order valence-corrected chi connectivity index (χ3v) is 2.46. The monoisotopic (exact) mass is 236 g/mol. The number of pyridine rings is 2. The Labute approximate surface area is 98.1 Å². The molecule has 2 heterocycles. The molecule has 0 radical (unpaired) electrons. The second-order valence-corrected chi connectivity index (χ2v) is 4.26. The van der Waals surface area contributed by atoms with Crippen LogP contribution < -0.4 is 4.74 Å². The molecule has 0 saturated heterocycles. The van der Waals surface area contributed by atoms with Gasteiger partial charge in [-0.25, -0.2) is 9.37 Å². The summed E-state index contributed by atoms with van der Waals surface area (Å²) in [6.07, 6.45) is 1.09. The summed E-state index contributed by atoms with van der Waals surface area (Å²) >= 11 is 0. The predicted octanol–water partition coefficient (Wildman–Crippen LogP) is 2.00. The second-order valence-electron chi connectivity index (χ2n) is 4.26. The van der Waals surface area contributed by atoms with E-state index in [1.54, 1.807) is 12.1 Å². The number of ether oxygens (including phenoxy) is 1. The molecule has 0 aliphatic carbocycles. The molecule has 0 bridgehead atoms. The molecule has 2 rings (SSSR count). The van der Waals surface area contributed by atoms with Gasteiger partial charge >= 0.3 is 0 Å². The molecular formula is C12H13FN2O2. The Kier molecular flexibility index (Phi) is 2.71. The zero-order chi connectivity index (χ0) is 12.6. The van der Waals surface area contributed by atoms with E-state index in [0.717, 1.165) is 6.20 Å².